The second-order valence-electron chi connectivity index (χ2n) is 6.54. The van der Waals surface area contributed by atoms with E-state index in [0.717, 1.165) is 37.1 Å². The molecule has 0 spiro atoms. The molecule has 1 fully saturated rings. The van der Waals surface area contributed by atoms with Crippen LogP contribution in [0.4, 0.5) is 10.1 Å². The lowest BCUT2D eigenvalue weighted by Crippen LogP contribution is -2.36. The summed E-state index contributed by atoms with van der Waals surface area (Å²) in [6.07, 6.45) is 2.72. The fourth-order valence-electron chi connectivity index (χ4n) is 3.15. The number of hydrogen-bond donors (Lipinski definition) is 1. The zero-order valence-electron chi connectivity index (χ0n) is 17.5. The molecule has 1 atom stereocenters. The fourth-order valence-corrected chi connectivity index (χ4v) is 3.15. The van der Waals surface area contributed by atoms with Crippen molar-refractivity contribution in [2.45, 2.75) is 32.7 Å². The van der Waals surface area contributed by atoms with Gasteiger partial charge in [-0.1, -0.05) is 31.8 Å². The molecule has 0 bridgehead atoms. The minimum atomic E-state index is -0.314. The predicted octanol–water partition coefficient (Wildman–Crippen LogP) is 4.41. The molecule has 0 aromatic heterocycles. The van der Waals surface area contributed by atoms with E-state index < -0.39 is 0 Å². The van der Waals surface area contributed by atoms with E-state index in [0.29, 0.717) is 22.9 Å². The number of nitrogens with one attached hydrogen (secondary N) is 1. The largest absolute Gasteiger partial charge is 0.359 e. The van der Waals surface area contributed by atoms with E-state index in [4.69, 9.17) is 4.99 Å². The lowest BCUT2D eigenvalue weighted by molar-refractivity contribution is 0.112. The molecular weight excluding hydrogens is 365 g/mol. The summed E-state index contributed by atoms with van der Waals surface area (Å²) >= 11 is 0. The first-order chi connectivity index (χ1) is 14.1. The third-order valence-corrected chi connectivity index (χ3v) is 4.68. The average molecular weight is 394 g/mol. The first-order valence-electron chi connectivity index (χ1n) is 9.92. The van der Waals surface area contributed by atoms with Crippen LogP contribution in [0.15, 0.2) is 47.5 Å². The summed E-state index contributed by atoms with van der Waals surface area (Å²) in [7, 11) is 3.97. The number of carbonyl (C=O) groups excluding carboxylic acids is 1. The number of benzene rings is 2. The molecule has 1 N–H and O–H groups in total. The number of halogens is 1. The lowest BCUT2D eigenvalue weighted by atomic mass is 10.1. The smallest absolute Gasteiger partial charge is 0.152 e. The molecule has 2 aromatic rings. The van der Waals surface area contributed by atoms with Crippen LogP contribution >= 0.6 is 0 Å². The molecule has 0 aliphatic carbocycles. The van der Waals surface area contributed by atoms with Crippen molar-refractivity contribution in [1.82, 2.24) is 10.2 Å². The van der Waals surface area contributed by atoms with Crippen molar-refractivity contribution in [3.63, 3.8) is 0 Å². The van der Waals surface area contributed by atoms with Crippen LogP contribution in [-0.4, -0.2) is 43.7 Å². The molecule has 2 aromatic carbocycles. The van der Waals surface area contributed by atoms with E-state index in [1.54, 1.807) is 24.3 Å². The highest BCUT2D eigenvalue weighted by Gasteiger charge is 2.25. The molecule has 3 rings (SSSR count). The number of carbonyl (C=O) groups is 1. The van der Waals surface area contributed by atoms with Gasteiger partial charge in [0.25, 0.3) is 0 Å². The summed E-state index contributed by atoms with van der Waals surface area (Å²) in [5, 5.41) is 3.19. The van der Waals surface area contributed by atoms with Crippen LogP contribution in [0.2, 0.25) is 0 Å². The molecule has 5 heteroatoms. The predicted molar refractivity (Wildman–Crippen MR) is 117 cm³/mol. The van der Waals surface area contributed by atoms with Crippen molar-refractivity contribution >= 4 is 17.8 Å². The Morgan fingerprint density at radius 3 is 2.59 bits per heavy atom. The Morgan fingerprint density at radius 1 is 1.21 bits per heavy atom. The molecule has 0 saturated carbocycles. The number of nitrogens with zero attached hydrogens (tertiary/aromatic N) is 2. The Morgan fingerprint density at radius 2 is 1.93 bits per heavy atom. The Bertz CT molecular complexity index is 927. The molecular formula is C24H28FN3O. The Balaban J connectivity index is 0.00000145. The number of likely N-dealkylation sites (N-methyl/N-ethyl adjacent to an activating group) is 2. The summed E-state index contributed by atoms with van der Waals surface area (Å²) in [5.74, 6) is 6.62. The summed E-state index contributed by atoms with van der Waals surface area (Å²) in [6.45, 7) is 4.90. The van der Waals surface area contributed by atoms with E-state index in [2.05, 4.69) is 22.1 Å². The van der Waals surface area contributed by atoms with Crippen molar-refractivity contribution in [3.05, 3.63) is 65.0 Å². The van der Waals surface area contributed by atoms with Gasteiger partial charge in [0.15, 0.2) is 6.29 Å². The van der Waals surface area contributed by atoms with Gasteiger partial charge in [-0.3, -0.25) is 4.79 Å². The molecule has 1 unspecified atom stereocenters. The van der Waals surface area contributed by atoms with Crippen LogP contribution in [0, 0.1) is 17.7 Å². The average Bonchev–Trinajstić information content (AvgIpc) is 3.08. The summed E-state index contributed by atoms with van der Waals surface area (Å²) in [6, 6.07) is 11.9. The van der Waals surface area contributed by atoms with Gasteiger partial charge in [0, 0.05) is 42.7 Å². The Labute approximate surface area is 172 Å². The highest BCUT2D eigenvalue weighted by molar-refractivity contribution is 5.91. The zero-order chi connectivity index (χ0) is 21.2. The highest BCUT2D eigenvalue weighted by atomic mass is 19.1. The van der Waals surface area contributed by atoms with E-state index in [1.165, 1.54) is 12.1 Å². The second-order valence-corrected chi connectivity index (χ2v) is 6.54. The molecule has 0 amide bonds. The number of likely N-dealkylation sites (tertiary alicyclic amines) is 1. The van der Waals surface area contributed by atoms with Gasteiger partial charge in [-0.05, 0) is 49.9 Å². The number of aldehydes is 1. The van der Waals surface area contributed by atoms with Crippen molar-refractivity contribution in [1.29, 1.82) is 0 Å². The van der Waals surface area contributed by atoms with Gasteiger partial charge >= 0.3 is 0 Å². The van der Waals surface area contributed by atoms with Gasteiger partial charge in [0.1, 0.15) is 11.7 Å². The van der Waals surface area contributed by atoms with Crippen LogP contribution in [-0.2, 0) is 0 Å². The quantitative estimate of drug-likeness (QED) is 0.618. The molecule has 1 heterocycles. The first kappa shape index (κ1) is 22.3. The van der Waals surface area contributed by atoms with Crippen LogP contribution in [0.3, 0.4) is 0 Å². The molecule has 29 heavy (non-hydrogen) atoms. The molecule has 1 aliphatic rings. The number of hydrogen-bond acceptors (Lipinski definition) is 3. The lowest BCUT2D eigenvalue weighted by Gasteiger charge is -2.21. The molecule has 0 radical (unpaired) electrons. The minimum Gasteiger partial charge on any atom is -0.359 e. The number of aliphatic imine (C=N–C) groups is 1. The Hall–Kier alpha value is -2.97. The second kappa shape index (κ2) is 11.1. The van der Waals surface area contributed by atoms with Gasteiger partial charge in [0.2, 0.25) is 0 Å². The van der Waals surface area contributed by atoms with E-state index >= 15 is 0 Å². The van der Waals surface area contributed by atoms with E-state index in [-0.39, 0.29) is 5.82 Å². The summed E-state index contributed by atoms with van der Waals surface area (Å²) in [4.78, 5) is 18.3. The standard InChI is InChI=1S/C22H22FN3O.C2H6/c1-24-14-20-10-11-22(26(20)2)25-21-13-17(8-9-18(21)15-27)7-6-16-4-3-5-19(23)12-16;1-2/h3-5,8-9,12-13,15,20,24H,10-11,14H2,1-2H3;1-2H3. The maximum atomic E-state index is 13.3. The van der Waals surface area contributed by atoms with Crippen molar-refractivity contribution in [2.75, 3.05) is 20.6 Å². The third-order valence-electron chi connectivity index (χ3n) is 4.68. The van der Waals surface area contributed by atoms with Crippen LogP contribution < -0.4 is 5.32 Å². The van der Waals surface area contributed by atoms with Crippen molar-refractivity contribution in [3.8, 4) is 11.8 Å². The first-order valence-corrected chi connectivity index (χ1v) is 9.92. The molecule has 4 nitrogen and oxygen atoms in total. The fraction of sp³-hybridized carbons (Fsp3) is 0.333. The molecule has 1 saturated heterocycles. The SMILES string of the molecule is CC.CNCC1CCC(=Nc2cc(C#Cc3cccc(F)c3)ccc2C=O)N1C. The van der Waals surface area contributed by atoms with Crippen LogP contribution in [0.5, 0.6) is 0 Å². The van der Waals surface area contributed by atoms with E-state index in [1.807, 2.05) is 34.0 Å². The molecule has 1 aliphatic heterocycles. The zero-order valence-corrected chi connectivity index (χ0v) is 17.5. The Kier molecular flexibility index (Phi) is 8.57. The topological polar surface area (TPSA) is 44.7 Å². The van der Waals surface area contributed by atoms with E-state index in [9.17, 15) is 9.18 Å². The molecule has 152 valence electrons. The monoisotopic (exact) mass is 393 g/mol. The van der Waals surface area contributed by atoms with Crippen molar-refractivity contribution < 1.29 is 9.18 Å². The van der Waals surface area contributed by atoms with Crippen LogP contribution in [0.25, 0.3) is 0 Å². The maximum absolute atomic E-state index is 13.3. The third kappa shape index (κ3) is 6.00. The van der Waals surface area contributed by atoms with Gasteiger partial charge in [-0.25, -0.2) is 9.38 Å². The number of amidine groups is 1. The van der Waals surface area contributed by atoms with Gasteiger partial charge < -0.3 is 10.2 Å². The highest BCUT2D eigenvalue weighted by Crippen LogP contribution is 2.25. The number of rotatable bonds is 4. The van der Waals surface area contributed by atoms with Crippen LogP contribution in [0.1, 0.15) is 48.2 Å². The summed E-state index contributed by atoms with van der Waals surface area (Å²) in [5.41, 5.74) is 2.48. The normalized spacial score (nSPS) is 16.7. The maximum Gasteiger partial charge on any atom is 0.152 e. The van der Waals surface area contributed by atoms with Gasteiger partial charge in [-0.15, -0.1) is 0 Å². The summed E-state index contributed by atoms with van der Waals surface area (Å²) < 4.78 is 13.3. The van der Waals surface area contributed by atoms with Crippen molar-refractivity contribution in [2.24, 2.45) is 4.99 Å². The van der Waals surface area contributed by atoms with Gasteiger partial charge in [0.05, 0.1) is 5.69 Å². The minimum absolute atomic E-state index is 0.314. The van der Waals surface area contributed by atoms with Gasteiger partial charge in [-0.2, -0.15) is 0 Å².